The molecular formula is C15H19NO. The van der Waals surface area contributed by atoms with E-state index in [0.29, 0.717) is 6.04 Å². The van der Waals surface area contributed by atoms with Crippen molar-refractivity contribution in [2.75, 3.05) is 13.7 Å². The Hall–Kier alpha value is -1.28. The second-order valence-electron chi connectivity index (χ2n) is 4.86. The highest BCUT2D eigenvalue weighted by molar-refractivity contribution is 5.42. The van der Waals surface area contributed by atoms with Crippen LogP contribution >= 0.6 is 0 Å². The number of hydrogen-bond acceptors (Lipinski definition) is 2. The molecular weight excluding hydrogens is 210 g/mol. The first-order valence-corrected chi connectivity index (χ1v) is 6.50. The van der Waals surface area contributed by atoms with Crippen LogP contribution in [-0.2, 0) is 6.42 Å². The van der Waals surface area contributed by atoms with Crippen molar-refractivity contribution < 1.29 is 4.74 Å². The first-order chi connectivity index (χ1) is 8.38. The van der Waals surface area contributed by atoms with Gasteiger partial charge in [-0.05, 0) is 43.5 Å². The van der Waals surface area contributed by atoms with E-state index in [4.69, 9.17) is 4.74 Å². The Balaban J connectivity index is 1.91. The molecule has 1 atom stereocenters. The fourth-order valence-electron chi connectivity index (χ4n) is 2.91. The van der Waals surface area contributed by atoms with E-state index in [0.717, 1.165) is 18.8 Å². The molecule has 0 saturated heterocycles. The molecule has 1 N–H and O–H groups in total. The number of fused-ring (bicyclic) bond motifs is 1. The Bertz CT molecular complexity index is 450. The van der Waals surface area contributed by atoms with Crippen LogP contribution in [0, 0.1) is 0 Å². The Morgan fingerprint density at radius 1 is 1.29 bits per heavy atom. The van der Waals surface area contributed by atoms with Gasteiger partial charge in [0.1, 0.15) is 5.75 Å². The molecule has 17 heavy (non-hydrogen) atoms. The van der Waals surface area contributed by atoms with Crippen LogP contribution in [0.3, 0.4) is 0 Å². The van der Waals surface area contributed by atoms with Crippen molar-refractivity contribution in [3.05, 3.63) is 41.0 Å². The number of rotatable bonds is 3. The maximum atomic E-state index is 5.56. The van der Waals surface area contributed by atoms with Gasteiger partial charge in [0.25, 0.3) is 0 Å². The summed E-state index contributed by atoms with van der Waals surface area (Å²) in [5.41, 5.74) is 4.29. The molecule has 0 spiro atoms. The van der Waals surface area contributed by atoms with Gasteiger partial charge in [0.15, 0.2) is 0 Å². The molecule has 1 heterocycles. The zero-order valence-corrected chi connectivity index (χ0v) is 10.3. The summed E-state index contributed by atoms with van der Waals surface area (Å²) in [4.78, 5) is 0. The smallest absolute Gasteiger partial charge is 0.122 e. The molecule has 0 amide bonds. The summed E-state index contributed by atoms with van der Waals surface area (Å²) >= 11 is 0. The van der Waals surface area contributed by atoms with E-state index in [9.17, 15) is 0 Å². The second-order valence-corrected chi connectivity index (χ2v) is 4.86. The van der Waals surface area contributed by atoms with Crippen LogP contribution in [0.25, 0.3) is 0 Å². The number of benzene rings is 1. The fourth-order valence-corrected chi connectivity index (χ4v) is 2.91. The number of allylic oxidation sites excluding steroid dienone is 1. The van der Waals surface area contributed by atoms with Crippen LogP contribution in [0.5, 0.6) is 5.75 Å². The Labute approximate surface area is 103 Å². The van der Waals surface area contributed by atoms with Gasteiger partial charge in [0.05, 0.1) is 12.6 Å². The topological polar surface area (TPSA) is 21.3 Å². The molecule has 0 radical (unpaired) electrons. The maximum absolute atomic E-state index is 5.56. The van der Waals surface area contributed by atoms with Crippen molar-refractivity contribution in [3.8, 4) is 5.75 Å². The predicted octanol–water partition coefficient (Wildman–Crippen LogP) is 2.99. The first-order valence-electron chi connectivity index (χ1n) is 6.50. The van der Waals surface area contributed by atoms with Crippen molar-refractivity contribution in [2.24, 2.45) is 0 Å². The minimum atomic E-state index is 0.392. The lowest BCUT2D eigenvalue weighted by atomic mass is 9.96. The van der Waals surface area contributed by atoms with Crippen molar-refractivity contribution in [2.45, 2.75) is 31.7 Å². The van der Waals surface area contributed by atoms with Gasteiger partial charge in [-0.2, -0.15) is 0 Å². The monoisotopic (exact) mass is 229 g/mol. The average molecular weight is 229 g/mol. The third kappa shape index (κ3) is 1.98. The molecule has 0 aromatic heterocycles. The molecule has 1 unspecified atom stereocenters. The summed E-state index contributed by atoms with van der Waals surface area (Å²) in [5, 5.41) is 3.44. The molecule has 1 aliphatic carbocycles. The van der Waals surface area contributed by atoms with E-state index >= 15 is 0 Å². The van der Waals surface area contributed by atoms with Crippen LogP contribution in [0.1, 0.15) is 36.4 Å². The molecule has 0 saturated carbocycles. The highest BCUT2D eigenvalue weighted by Gasteiger charge is 2.20. The van der Waals surface area contributed by atoms with Crippen molar-refractivity contribution in [3.63, 3.8) is 0 Å². The summed E-state index contributed by atoms with van der Waals surface area (Å²) in [6.07, 6.45) is 7.23. The fraction of sp³-hybridized carbons (Fsp3) is 0.467. The largest absolute Gasteiger partial charge is 0.493 e. The summed E-state index contributed by atoms with van der Waals surface area (Å²) < 4.78 is 5.56. The minimum Gasteiger partial charge on any atom is -0.493 e. The van der Waals surface area contributed by atoms with E-state index in [-0.39, 0.29) is 0 Å². The molecule has 90 valence electrons. The Morgan fingerprint density at radius 2 is 2.24 bits per heavy atom. The average Bonchev–Trinajstić information content (AvgIpc) is 2.99. The van der Waals surface area contributed by atoms with Crippen LogP contribution in [0.2, 0.25) is 0 Å². The maximum Gasteiger partial charge on any atom is 0.122 e. The molecule has 0 bridgehead atoms. The third-order valence-electron chi connectivity index (χ3n) is 3.78. The first kappa shape index (κ1) is 10.8. The van der Waals surface area contributed by atoms with Gasteiger partial charge in [0.2, 0.25) is 0 Å². The number of nitrogens with one attached hydrogen (secondary N) is 1. The predicted molar refractivity (Wildman–Crippen MR) is 69.4 cm³/mol. The molecule has 2 aliphatic rings. The van der Waals surface area contributed by atoms with Gasteiger partial charge in [-0.15, -0.1) is 0 Å². The lowest BCUT2D eigenvalue weighted by Crippen LogP contribution is -2.18. The Morgan fingerprint density at radius 3 is 3.00 bits per heavy atom. The minimum absolute atomic E-state index is 0.392. The highest BCUT2D eigenvalue weighted by Crippen LogP contribution is 2.34. The van der Waals surface area contributed by atoms with Gasteiger partial charge in [-0.3, -0.25) is 0 Å². The lowest BCUT2D eigenvalue weighted by molar-refractivity contribution is 0.357. The highest BCUT2D eigenvalue weighted by atomic mass is 16.5. The number of likely N-dealkylation sites (N-methyl/N-ethyl adjacent to an activating group) is 1. The zero-order valence-electron chi connectivity index (χ0n) is 10.3. The lowest BCUT2D eigenvalue weighted by Gasteiger charge is -2.19. The van der Waals surface area contributed by atoms with E-state index in [1.807, 2.05) is 7.05 Å². The Kier molecular flexibility index (Phi) is 2.89. The quantitative estimate of drug-likeness (QED) is 0.804. The van der Waals surface area contributed by atoms with Crippen molar-refractivity contribution in [1.29, 1.82) is 0 Å². The van der Waals surface area contributed by atoms with E-state index in [1.165, 1.54) is 30.4 Å². The van der Waals surface area contributed by atoms with Gasteiger partial charge in [0, 0.05) is 6.42 Å². The van der Waals surface area contributed by atoms with Crippen molar-refractivity contribution in [1.82, 2.24) is 5.32 Å². The summed E-state index contributed by atoms with van der Waals surface area (Å²) in [5.74, 6) is 1.07. The number of hydrogen-bond donors (Lipinski definition) is 1. The van der Waals surface area contributed by atoms with Gasteiger partial charge >= 0.3 is 0 Å². The van der Waals surface area contributed by atoms with Gasteiger partial charge < -0.3 is 10.1 Å². The van der Waals surface area contributed by atoms with Crippen molar-refractivity contribution >= 4 is 0 Å². The van der Waals surface area contributed by atoms with E-state index in [2.05, 4.69) is 29.6 Å². The van der Waals surface area contributed by atoms with Crippen LogP contribution < -0.4 is 10.1 Å². The molecule has 1 aliphatic heterocycles. The molecule has 1 aromatic rings. The normalized spacial score (nSPS) is 19.7. The zero-order chi connectivity index (χ0) is 11.7. The SMILES string of the molecule is CNC(C1=CCCC1)c1ccc2c(c1)CCO2. The van der Waals surface area contributed by atoms with Gasteiger partial charge in [-0.1, -0.05) is 23.8 Å². The summed E-state index contributed by atoms with van der Waals surface area (Å²) in [6, 6.07) is 7.02. The summed E-state index contributed by atoms with van der Waals surface area (Å²) in [7, 11) is 2.05. The van der Waals surface area contributed by atoms with Crippen LogP contribution in [0.15, 0.2) is 29.8 Å². The number of ether oxygens (including phenoxy) is 1. The van der Waals surface area contributed by atoms with Crippen LogP contribution in [-0.4, -0.2) is 13.7 Å². The standard InChI is InChI=1S/C15H19NO/c1-16-15(11-4-2-3-5-11)13-6-7-14-12(10-13)8-9-17-14/h4,6-7,10,15-16H,2-3,5,8-9H2,1H3. The summed E-state index contributed by atoms with van der Waals surface area (Å²) in [6.45, 7) is 0.839. The molecule has 1 aromatic carbocycles. The molecule has 2 heteroatoms. The molecule has 0 fully saturated rings. The third-order valence-corrected chi connectivity index (χ3v) is 3.78. The van der Waals surface area contributed by atoms with Crippen LogP contribution in [0.4, 0.5) is 0 Å². The van der Waals surface area contributed by atoms with E-state index < -0.39 is 0 Å². The second kappa shape index (κ2) is 4.53. The molecule has 3 rings (SSSR count). The van der Waals surface area contributed by atoms with E-state index in [1.54, 1.807) is 5.57 Å². The molecule has 2 nitrogen and oxygen atoms in total. The van der Waals surface area contributed by atoms with Gasteiger partial charge in [-0.25, -0.2) is 0 Å².